The van der Waals surface area contributed by atoms with Gasteiger partial charge in [-0.2, -0.15) is 5.10 Å². The van der Waals surface area contributed by atoms with E-state index in [4.69, 9.17) is 4.74 Å². The third-order valence-corrected chi connectivity index (χ3v) is 5.15. The molecule has 2 aliphatic heterocycles. The standard InChI is InChI=1S/C19H23N5O3/c1-22-9-10-24-17(19(22)26)11-16(21-24)18(25)23-7-4-15(5-8-23)27-13-14-3-2-6-20-12-14/h2-3,6,11-12,15H,4-5,7-10,13H2,1H3. The molecule has 2 aliphatic rings. The first-order valence-corrected chi connectivity index (χ1v) is 9.25. The maximum absolute atomic E-state index is 12.8. The summed E-state index contributed by atoms with van der Waals surface area (Å²) in [6.07, 6.45) is 5.27. The minimum absolute atomic E-state index is 0.0877. The summed E-state index contributed by atoms with van der Waals surface area (Å²) in [7, 11) is 1.76. The Bertz CT molecular complexity index is 827. The van der Waals surface area contributed by atoms with Crippen LogP contribution in [0.15, 0.2) is 30.6 Å². The monoisotopic (exact) mass is 369 g/mol. The minimum Gasteiger partial charge on any atom is -0.373 e. The van der Waals surface area contributed by atoms with Gasteiger partial charge in [-0.1, -0.05) is 6.07 Å². The highest BCUT2D eigenvalue weighted by molar-refractivity contribution is 5.98. The number of hydrogen-bond donors (Lipinski definition) is 0. The van der Waals surface area contributed by atoms with E-state index in [9.17, 15) is 9.59 Å². The van der Waals surface area contributed by atoms with E-state index in [1.807, 2.05) is 12.1 Å². The van der Waals surface area contributed by atoms with Gasteiger partial charge in [-0.05, 0) is 24.5 Å². The quantitative estimate of drug-likeness (QED) is 0.809. The topological polar surface area (TPSA) is 80.6 Å². The summed E-state index contributed by atoms with van der Waals surface area (Å²) in [6, 6.07) is 5.50. The number of carbonyl (C=O) groups is 2. The Labute approximate surface area is 157 Å². The number of likely N-dealkylation sites (tertiary alicyclic amines) is 1. The number of amides is 2. The fourth-order valence-electron chi connectivity index (χ4n) is 3.49. The highest BCUT2D eigenvalue weighted by Crippen LogP contribution is 2.19. The molecule has 8 nitrogen and oxygen atoms in total. The van der Waals surface area contributed by atoms with E-state index in [2.05, 4.69) is 10.1 Å². The number of carbonyl (C=O) groups excluding carboxylic acids is 2. The predicted molar refractivity (Wildman–Crippen MR) is 97.1 cm³/mol. The number of aromatic nitrogens is 3. The molecule has 2 amide bonds. The third-order valence-electron chi connectivity index (χ3n) is 5.15. The molecule has 0 saturated carbocycles. The second-order valence-electron chi connectivity index (χ2n) is 7.03. The summed E-state index contributed by atoms with van der Waals surface area (Å²) < 4.78 is 7.59. The zero-order valence-electron chi connectivity index (χ0n) is 15.4. The highest BCUT2D eigenvalue weighted by atomic mass is 16.5. The zero-order chi connectivity index (χ0) is 18.8. The Morgan fingerprint density at radius 3 is 2.81 bits per heavy atom. The van der Waals surface area contributed by atoms with Crippen LogP contribution in [0.5, 0.6) is 0 Å². The lowest BCUT2D eigenvalue weighted by Crippen LogP contribution is -2.41. The first-order valence-electron chi connectivity index (χ1n) is 9.25. The smallest absolute Gasteiger partial charge is 0.274 e. The van der Waals surface area contributed by atoms with E-state index in [1.54, 1.807) is 40.0 Å². The van der Waals surface area contributed by atoms with Crippen molar-refractivity contribution < 1.29 is 14.3 Å². The summed E-state index contributed by atoms with van der Waals surface area (Å²) in [5.74, 6) is -0.201. The van der Waals surface area contributed by atoms with Crippen molar-refractivity contribution in [3.63, 3.8) is 0 Å². The van der Waals surface area contributed by atoms with E-state index in [0.29, 0.717) is 44.2 Å². The van der Waals surface area contributed by atoms with E-state index < -0.39 is 0 Å². The number of pyridine rings is 1. The van der Waals surface area contributed by atoms with Gasteiger partial charge in [0.1, 0.15) is 5.69 Å². The molecule has 27 heavy (non-hydrogen) atoms. The lowest BCUT2D eigenvalue weighted by atomic mass is 10.1. The van der Waals surface area contributed by atoms with Crippen LogP contribution >= 0.6 is 0 Å². The van der Waals surface area contributed by atoms with Crippen molar-refractivity contribution in [1.29, 1.82) is 0 Å². The van der Waals surface area contributed by atoms with Crippen molar-refractivity contribution in [2.24, 2.45) is 0 Å². The van der Waals surface area contributed by atoms with Crippen molar-refractivity contribution in [2.45, 2.75) is 32.1 Å². The molecule has 0 N–H and O–H groups in total. The van der Waals surface area contributed by atoms with Gasteiger partial charge in [-0.15, -0.1) is 0 Å². The van der Waals surface area contributed by atoms with Crippen LogP contribution in [0.2, 0.25) is 0 Å². The van der Waals surface area contributed by atoms with Crippen LogP contribution in [-0.2, 0) is 17.9 Å². The second-order valence-corrected chi connectivity index (χ2v) is 7.03. The van der Waals surface area contributed by atoms with Gasteiger partial charge in [0.25, 0.3) is 11.8 Å². The zero-order valence-corrected chi connectivity index (χ0v) is 15.4. The van der Waals surface area contributed by atoms with Crippen LogP contribution in [0.25, 0.3) is 0 Å². The van der Waals surface area contributed by atoms with Crippen molar-refractivity contribution >= 4 is 11.8 Å². The molecule has 0 aliphatic carbocycles. The molecule has 0 bridgehead atoms. The van der Waals surface area contributed by atoms with Gasteiger partial charge in [0.15, 0.2) is 5.69 Å². The Hall–Kier alpha value is -2.74. The molecule has 1 fully saturated rings. The summed E-state index contributed by atoms with van der Waals surface area (Å²) in [5, 5.41) is 4.35. The molecule has 0 spiro atoms. The van der Waals surface area contributed by atoms with Crippen molar-refractivity contribution in [2.75, 3.05) is 26.7 Å². The van der Waals surface area contributed by atoms with Gasteiger partial charge in [0.05, 0.1) is 19.3 Å². The maximum Gasteiger partial charge on any atom is 0.274 e. The van der Waals surface area contributed by atoms with E-state index >= 15 is 0 Å². The van der Waals surface area contributed by atoms with Crippen LogP contribution in [0, 0.1) is 0 Å². The lowest BCUT2D eigenvalue weighted by Gasteiger charge is -2.31. The average Bonchev–Trinajstić information content (AvgIpc) is 3.15. The van der Waals surface area contributed by atoms with Crippen LogP contribution in [0.1, 0.15) is 39.4 Å². The van der Waals surface area contributed by atoms with E-state index in [-0.39, 0.29) is 17.9 Å². The van der Waals surface area contributed by atoms with Crippen molar-refractivity contribution in [3.05, 3.63) is 47.5 Å². The summed E-state index contributed by atoms with van der Waals surface area (Å²) in [5.41, 5.74) is 1.89. The van der Waals surface area contributed by atoms with Gasteiger partial charge in [0, 0.05) is 45.1 Å². The fourth-order valence-corrected chi connectivity index (χ4v) is 3.49. The molecular formula is C19H23N5O3. The lowest BCUT2D eigenvalue weighted by molar-refractivity contribution is -0.000621. The van der Waals surface area contributed by atoms with Crippen molar-refractivity contribution in [3.8, 4) is 0 Å². The largest absolute Gasteiger partial charge is 0.373 e. The number of piperidine rings is 1. The van der Waals surface area contributed by atoms with Crippen molar-refractivity contribution in [1.82, 2.24) is 24.6 Å². The minimum atomic E-state index is -0.113. The van der Waals surface area contributed by atoms with E-state index in [0.717, 1.165) is 18.4 Å². The molecule has 0 unspecified atom stereocenters. The normalized spacial score (nSPS) is 17.9. The number of rotatable bonds is 4. The number of likely N-dealkylation sites (N-methyl/N-ethyl adjacent to an activating group) is 1. The van der Waals surface area contributed by atoms with E-state index in [1.165, 1.54) is 0 Å². The first kappa shape index (κ1) is 17.7. The second kappa shape index (κ2) is 7.48. The number of ether oxygens (including phenoxy) is 1. The summed E-state index contributed by atoms with van der Waals surface area (Å²) in [6.45, 7) is 3.03. The van der Waals surface area contributed by atoms with Crippen LogP contribution in [0.3, 0.4) is 0 Å². The van der Waals surface area contributed by atoms with Crippen LogP contribution in [-0.4, -0.2) is 69.2 Å². The highest BCUT2D eigenvalue weighted by Gasteiger charge is 2.29. The number of nitrogens with zero attached hydrogens (tertiary/aromatic N) is 5. The van der Waals surface area contributed by atoms with Gasteiger partial charge in [-0.3, -0.25) is 19.3 Å². The maximum atomic E-state index is 12.8. The molecule has 0 radical (unpaired) electrons. The number of hydrogen-bond acceptors (Lipinski definition) is 5. The van der Waals surface area contributed by atoms with Crippen LogP contribution < -0.4 is 0 Å². The Balaban J connectivity index is 1.33. The van der Waals surface area contributed by atoms with Gasteiger partial charge >= 0.3 is 0 Å². The first-order chi connectivity index (χ1) is 13.1. The average molecular weight is 369 g/mol. The SMILES string of the molecule is CN1CCn2nc(C(=O)N3CCC(OCc4cccnc4)CC3)cc2C1=O. The Kier molecular flexibility index (Phi) is 4.89. The molecule has 2 aromatic rings. The predicted octanol–water partition coefficient (Wildman–Crippen LogP) is 1.19. The van der Waals surface area contributed by atoms with Crippen LogP contribution in [0.4, 0.5) is 0 Å². The van der Waals surface area contributed by atoms with Gasteiger partial charge in [-0.25, -0.2) is 0 Å². The molecule has 2 aromatic heterocycles. The van der Waals surface area contributed by atoms with Gasteiger partial charge in [0.2, 0.25) is 0 Å². The molecule has 0 atom stereocenters. The summed E-state index contributed by atoms with van der Waals surface area (Å²) >= 11 is 0. The number of fused-ring (bicyclic) bond motifs is 1. The molecule has 142 valence electrons. The Morgan fingerprint density at radius 2 is 2.07 bits per heavy atom. The summed E-state index contributed by atoms with van der Waals surface area (Å²) in [4.78, 5) is 32.5. The Morgan fingerprint density at radius 1 is 1.26 bits per heavy atom. The van der Waals surface area contributed by atoms with Gasteiger partial charge < -0.3 is 14.5 Å². The fraction of sp³-hybridized carbons (Fsp3) is 0.474. The molecule has 4 heterocycles. The molecule has 0 aromatic carbocycles. The molecular weight excluding hydrogens is 346 g/mol. The molecule has 4 rings (SSSR count). The molecule has 1 saturated heterocycles. The third kappa shape index (κ3) is 3.71. The molecule has 8 heteroatoms.